The molecule has 0 saturated carbocycles. The lowest BCUT2D eigenvalue weighted by Crippen LogP contribution is -2.30. The molecule has 0 radical (unpaired) electrons. The van der Waals surface area contributed by atoms with Crippen molar-refractivity contribution in [3.05, 3.63) is 64.0 Å². The highest BCUT2D eigenvalue weighted by atomic mass is 19.1. The van der Waals surface area contributed by atoms with E-state index in [1.807, 2.05) is 0 Å². The van der Waals surface area contributed by atoms with Crippen LogP contribution in [0.2, 0.25) is 0 Å². The number of ether oxygens (including phenoxy) is 1. The fourth-order valence-electron chi connectivity index (χ4n) is 2.05. The van der Waals surface area contributed by atoms with E-state index in [4.69, 9.17) is 4.74 Å². The molecule has 126 valence electrons. The second-order valence-corrected chi connectivity index (χ2v) is 4.90. The summed E-state index contributed by atoms with van der Waals surface area (Å²) >= 11 is 0. The number of hydrogen-bond donors (Lipinski definition) is 2. The molecule has 0 aliphatic rings. The van der Waals surface area contributed by atoms with Crippen molar-refractivity contribution in [2.45, 2.75) is 6.42 Å². The molecule has 0 aliphatic heterocycles. The van der Waals surface area contributed by atoms with Crippen LogP contribution in [0.5, 0.6) is 5.75 Å². The molecular weight excluding hydrogens is 317 g/mol. The number of urea groups is 1. The standard InChI is InChI=1S/C16H16FN3O4/c1-24-15-7-6-13(20(22)23)10-14(15)19-16(21)18-9-8-11-2-4-12(17)5-3-11/h2-7,10H,8-9H2,1H3,(H2,18,19,21). The summed E-state index contributed by atoms with van der Waals surface area (Å²) in [6.07, 6.45) is 0.528. The van der Waals surface area contributed by atoms with Crippen molar-refractivity contribution in [3.8, 4) is 5.75 Å². The van der Waals surface area contributed by atoms with Crippen molar-refractivity contribution in [1.29, 1.82) is 0 Å². The highest BCUT2D eigenvalue weighted by Gasteiger charge is 2.13. The van der Waals surface area contributed by atoms with Crippen molar-refractivity contribution >= 4 is 17.4 Å². The number of carbonyl (C=O) groups is 1. The van der Waals surface area contributed by atoms with Crippen molar-refractivity contribution in [2.24, 2.45) is 0 Å². The van der Waals surface area contributed by atoms with E-state index in [1.54, 1.807) is 12.1 Å². The lowest BCUT2D eigenvalue weighted by atomic mass is 10.1. The first kappa shape index (κ1) is 17.2. The van der Waals surface area contributed by atoms with Gasteiger partial charge >= 0.3 is 6.03 Å². The van der Waals surface area contributed by atoms with Gasteiger partial charge in [0.15, 0.2) is 0 Å². The van der Waals surface area contributed by atoms with Gasteiger partial charge < -0.3 is 15.4 Å². The predicted molar refractivity (Wildman–Crippen MR) is 86.8 cm³/mol. The molecule has 2 aromatic rings. The third-order valence-electron chi connectivity index (χ3n) is 3.25. The summed E-state index contributed by atoms with van der Waals surface area (Å²) in [6, 6.07) is 9.38. The van der Waals surface area contributed by atoms with E-state index in [1.165, 1.54) is 37.4 Å². The molecule has 0 atom stereocenters. The molecule has 0 saturated heterocycles. The summed E-state index contributed by atoms with van der Waals surface area (Å²) in [5, 5.41) is 15.9. The number of benzene rings is 2. The molecule has 7 nitrogen and oxygen atoms in total. The van der Waals surface area contributed by atoms with E-state index in [0.717, 1.165) is 5.56 Å². The number of nitrogens with zero attached hydrogens (tertiary/aromatic N) is 1. The van der Waals surface area contributed by atoms with Crippen LogP contribution in [0.3, 0.4) is 0 Å². The van der Waals surface area contributed by atoms with Gasteiger partial charge in [-0.25, -0.2) is 9.18 Å². The van der Waals surface area contributed by atoms with Gasteiger partial charge in [-0.15, -0.1) is 0 Å². The molecular formula is C16H16FN3O4. The molecule has 24 heavy (non-hydrogen) atoms. The number of nitro groups is 1. The lowest BCUT2D eigenvalue weighted by molar-refractivity contribution is -0.384. The van der Waals surface area contributed by atoms with Crippen molar-refractivity contribution in [3.63, 3.8) is 0 Å². The molecule has 0 bridgehead atoms. The van der Waals surface area contributed by atoms with E-state index in [-0.39, 0.29) is 17.2 Å². The van der Waals surface area contributed by atoms with Crippen LogP contribution in [0, 0.1) is 15.9 Å². The van der Waals surface area contributed by atoms with Crippen LogP contribution < -0.4 is 15.4 Å². The molecule has 2 aromatic carbocycles. The molecule has 0 fully saturated rings. The molecule has 0 spiro atoms. The summed E-state index contributed by atoms with van der Waals surface area (Å²) < 4.78 is 17.9. The van der Waals surface area contributed by atoms with E-state index in [0.29, 0.717) is 18.7 Å². The van der Waals surface area contributed by atoms with Crippen LogP contribution in [0.4, 0.5) is 20.6 Å². The Hall–Kier alpha value is -3.16. The van der Waals surface area contributed by atoms with Crippen LogP contribution in [-0.4, -0.2) is 24.6 Å². The maximum atomic E-state index is 12.8. The average molecular weight is 333 g/mol. The number of anilines is 1. The number of methoxy groups -OCH3 is 1. The number of rotatable bonds is 6. The van der Waals surface area contributed by atoms with E-state index >= 15 is 0 Å². The minimum atomic E-state index is -0.558. The first-order valence-corrected chi connectivity index (χ1v) is 7.11. The van der Waals surface area contributed by atoms with Gasteiger partial charge in [0, 0.05) is 18.7 Å². The second kappa shape index (κ2) is 7.91. The Labute approximate surface area is 137 Å². The van der Waals surface area contributed by atoms with E-state index in [9.17, 15) is 19.3 Å². The van der Waals surface area contributed by atoms with Gasteiger partial charge in [-0.2, -0.15) is 0 Å². The maximum absolute atomic E-state index is 12.8. The highest BCUT2D eigenvalue weighted by Crippen LogP contribution is 2.28. The summed E-state index contributed by atoms with van der Waals surface area (Å²) in [4.78, 5) is 22.1. The summed E-state index contributed by atoms with van der Waals surface area (Å²) in [7, 11) is 1.40. The molecule has 2 rings (SSSR count). The Morgan fingerprint density at radius 1 is 1.25 bits per heavy atom. The maximum Gasteiger partial charge on any atom is 0.319 e. The average Bonchev–Trinajstić information content (AvgIpc) is 2.56. The van der Waals surface area contributed by atoms with Gasteiger partial charge in [-0.3, -0.25) is 10.1 Å². The third-order valence-corrected chi connectivity index (χ3v) is 3.25. The zero-order chi connectivity index (χ0) is 17.5. The summed E-state index contributed by atoms with van der Waals surface area (Å²) in [5.41, 5.74) is 0.924. The minimum absolute atomic E-state index is 0.155. The molecule has 2 amide bonds. The number of non-ortho nitro benzene ring substituents is 1. The Kier molecular flexibility index (Phi) is 5.67. The van der Waals surface area contributed by atoms with E-state index in [2.05, 4.69) is 10.6 Å². The van der Waals surface area contributed by atoms with E-state index < -0.39 is 11.0 Å². The first-order valence-electron chi connectivity index (χ1n) is 7.11. The first-order chi connectivity index (χ1) is 11.5. The molecule has 8 heteroatoms. The number of halogens is 1. The third kappa shape index (κ3) is 4.67. The van der Waals surface area contributed by atoms with Crippen LogP contribution in [0.25, 0.3) is 0 Å². The van der Waals surface area contributed by atoms with Crippen molar-refractivity contribution in [1.82, 2.24) is 5.32 Å². The Morgan fingerprint density at radius 3 is 2.58 bits per heavy atom. The zero-order valence-electron chi connectivity index (χ0n) is 12.9. The highest BCUT2D eigenvalue weighted by molar-refractivity contribution is 5.91. The smallest absolute Gasteiger partial charge is 0.319 e. The predicted octanol–water partition coefficient (Wildman–Crippen LogP) is 3.11. The van der Waals surface area contributed by atoms with Gasteiger partial charge in [0.2, 0.25) is 0 Å². The fourth-order valence-corrected chi connectivity index (χ4v) is 2.05. The fraction of sp³-hybridized carbons (Fsp3) is 0.188. The molecule has 0 aromatic heterocycles. The number of carbonyl (C=O) groups excluding carboxylic acids is 1. The number of amides is 2. The lowest BCUT2D eigenvalue weighted by Gasteiger charge is -2.11. The Balaban J connectivity index is 1.93. The van der Waals surface area contributed by atoms with Crippen LogP contribution in [0.1, 0.15) is 5.56 Å². The largest absolute Gasteiger partial charge is 0.495 e. The number of hydrogen-bond acceptors (Lipinski definition) is 4. The van der Waals surface area contributed by atoms with Crippen molar-refractivity contribution in [2.75, 3.05) is 19.0 Å². The van der Waals surface area contributed by atoms with Gasteiger partial charge in [0.05, 0.1) is 17.7 Å². The van der Waals surface area contributed by atoms with Crippen molar-refractivity contribution < 1.29 is 18.8 Å². The topological polar surface area (TPSA) is 93.5 Å². The number of nitrogens with one attached hydrogen (secondary N) is 2. The summed E-state index contributed by atoms with van der Waals surface area (Å²) in [6.45, 7) is 0.328. The Morgan fingerprint density at radius 2 is 1.96 bits per heavy atom. The van der Waals surface area contributed by atoms with Crippen LogP contribution in [-0.2, 0) is 6.42 Å². The summed E-state index contributed by atoms with van der Waals surface area (Å²) in [5.74, 6) is -0.00324. The Bertz CT molecular complexity index is 735. The van der Waals surface area contributed by atoms with Gasteiger partial charge in [0.25, 0.3) is 5.69 Å². The molecule has 0 unspecified atom stereocenters. The monoisotopic (exact) mass is 333 g/mol. The SMILES string of the molecule is COc1ccc([N+](=O)[O-])cc1NC(=O)NCCc1ccc(F)cc1. The van der Waals surface area contributed by atoms with Crippen LogP contribution in [0.15, 0.2) is 42.5 Å². The van der Waals surface area contributed by atoms with Gasteiger partial charge in [-0.05, 0) is 30.2 Å². The number of nitro benzene ring substituents is 1. The normalized spacial score (nSPS) is 10.1. The molecule has 2 N–H and O–H groups in total. The molecule has 0 heterocycles. The minimum Gasteiger partial charge on any atom is -0.495 e. The van der Waals surface area contributed by atoms with Gasteiger partial charge in [0.1, 0.15) is 11.6 Å². The van der Waals surface area contributed by atoms with Crippen LogP contribution >= 0.6 is 0 Å². The zero-order valence-corrected chi connectivity index (χ0v) is 12.9. The quantitative estimate of drug-likeness (QED) is 0.627. The molecule has 0 aliphatic carbocycles. The second-order valence-electron chi connectivity index (χ2n) is 4.90. The van der Waals surface area contributed by atoms with Gasteiger partial charge in [-0.1, -0.05) is 12.1 Å².